The van der Waals surface area contributed by atoms with E-state index in [1.54, 1.807) is 41.3 Å². The molecular weight excluding hydrogens is 330 g/mol. The number of nitrogens with zero attached hydrogens (tertiary/aromatic N) is 1. The summed E-state index contributed by atoms with van der Waals surface area (Å²) < 4.78 is 4.90. The topological polar surface area (TPSA) is 63.7 Å². The maximum absolute atomic E-state index is 12.9. The number of hydrogen-bond acceptors (Lipinski definition) is 4. The molecule has 0 N–H and O–H groups in total. The fourth-order valence-corrected chi connectivity index (χ4v) is 3.94. The average Bonchev–Trinajstić information content (AvgIpc) is 2.71. The molecule has 1 heterocycles. The molecule has 132 valence electrons. The third-order valence-corrected chi connectivity index (χ3v) is 5.25. The highest BCUT2D eigenvalue weighted by Gasteiger charge is 2.33. The first-order valence-electron chi connectivity index (χ1n) is 8.79. The maximum Gasteiger partial charge on any atom is 0.409 e. The summed E-state index contributed by atoms with van der Waals surface area (Å²) in [5.41, 5.74) is 2.61. The zero-order valence-corrected chi connectivity index (χ0v) is 14.5. The number of carbonyl (C=O) groups is 3. The number of hydrogen-bond donors (Lipinski definition) is 0. The Hall–Kier alpha value is -2.95. The average molecular weight is 349 g/mol. The van der Waals surface area contributed by atoms with Gasteiger partial charge < -0.3 is 9.64 Å². The number of piperidine rings is 1. The minimum absolute atomic E-state index is 0.129. The van der Waals surface area contributed by atoms with Crippen molar-refractivity contribution in [3.05, 3.63) is 70.3 Å². The summed E-state index contributed by atoms with van der Waals surface area (Å²) >= 11 is 0. The number of ketones is 2. The Kier molecular flexibility index (Phi) is 4.07. The van der Waals surface area contributed by atoms with Crippen LogP contribution in [0.2, 0.25) is 0 Å². The lowest BCUT2D eigenvalue weighted by atomic mass is 9.82. The molecule has 0 saturated carbocycles. The molecule has 26 heavy (non-hydrogen) atoms. The Balaban J connectivity index is 1.76. The van der Waals surface area contributed by atoms with E-state index in [0.29, 0.717) is 28.8 Å². The van der Waals surface area contributed by atoms with Crippen molar-refractivity contribution in [2.45, 2.75) is 25.3 Å². The summed E-state index contributed by atoms with van der Waals surface area (Å²) in [4.78, 5) is 39.4. The molecule has 2 aromatic carbocycles. The van der Waals surface area contributed by atoms with Gasteiger partial charge in [0.1, 0.15) is 0 Å². The van der Waals surface area contributed by atoms with E-state index < -0.39 is 0 Å². The highest BCUT2D eigenvalue weighted by Crippen LogP contribution is 2.35. The summed E-state index contributed by atoms with van der Waals surface area (Å²) in [6.45, 7) is 0.629. The highest BCUT2D eigenvalue weighted by atomic mass is 16.5. The molecule has 0 bridgehead atoms. The molecule has 0 spiro atoms. The number of fused-ring (bicyclic) bond motifs is 2. The van der Waals surface area contributed by atoms with Crippen molar-refractivity contribution in [3.8, 4) is 0 Å². The fourth-order valence-electron chi connectivity index (χ4n) is 3.94. The van der Waals surface area contributed by atoms with Gasteiger partial charge in [-0.2, -0.15) is 0 Å². The number of carbonyl (C=O) groups excluding carboxylic acids is 3. The van der Waals surface area contributed by atoms with Gasteiger partial charge in [0.2, 0.25) is 0 Å². The van der Waals surface area contributed by atoms with Crippen LogP contribution in [0.4, 0.5) is 4.79 Å². The predicted molar refractivity (Wildman–Crippen MR) is 95.5 cm³/mol. The first kappa shape index (κ1) is 16.5. The van der Waals surface area contributed by atoms with Crippen LogP contribution < -0.4 is 0 Å². The summed E-state index contributed by atoms with van der Waals surface area (Å²) in [6.07, 6.45) is 2.39. The largest absolute Gasteiger partial charge is 0.453 e. The lowest BCUT2D eigenvalue weighted by molar-refractivity contribution is 0.0893. The summed E-state index contributed by atoms with van der Waals surface area (Å²) in [5.74, 6) is -0.271. The summed E-state index contributed by atoms with van der Waals surface area (Å²) in [7, 11) is 1.37. The minimum Gasteiger partial charge on any atom is -0.453 e. The third kappa shape index (κ3) is 2.51. The second-order valence-electron chi connectivity index (χ2n) is 6.68. The van der Waals surface area contributed by atoms with Crippen LogP contribution in [-0.2, 0) is 4.74 Å². The van der Waals surface area contributed by atoms with Crippen LogP contribution >= 0.6 is 0 Å². The van der Waals surface area contributed by atoms with Gasteiger partial charge >= 0.3 is 6.09 Å². The van der Waals surface area contributed by atoms with Crippen LogP contribution in [0.3, 0.4) is 0 Å². The van der Waals surface area contributed by atoms with Crippen molar-refractivity contribution in [2.75, 3.05) is 13.7 Å². The van der Waals surface area contributed by atoms with Crippen LogP contribution in [-0.4, -0.2) is 36.2 Å². The molecule has 0 aromatic heterocycles. The molecule has 1 aliphatic heterocycles. The van der Waals surface area contributed by atoms with Gasteiger partial charge in [0, 0.05) is 28.8 Å². The smallest absolute Gasteiger partial charge is 0.409 e. The number of benzene rings is 2. The Morgan fingerprint density at radius 2 is 1.62 bits per heavy atom. The number of rotatable bonds is 1. The highest BCUT2D eigenvalue weighted by molar-refractivity contribution is 6.28. The molecule has 2 aromatic rings. The molecule has 2 aliphatic rings. The van der Waals surface area contributed by atoms with Crippen LogP contribution in [0.1, 0.15) is 62.7 Å². The molecule has 1 amide bonds. The molecule has 4 rings (SSSR count). The second kappa shape index (κ2) is 6.41. The quantitative estimate of drug-likeness (QED) is 0.671. The van der Waals surface area contributed by atoms with Crippen LogP contribution in [0.5, 0.6) is 0 Å². The van der Waals surface area contributed by atoms with Crippen molar-refractivity contribution in [3.63, 3.8) is 0 Å². The number of likely N-dealkylation sites (tertiary alicyclic amines) is 1. The monoisotopic (exact) mass is 349 g/mol. The van der Waals surface area contributed by atoms with Crippen molar-refractivity contribution >= 4 is 17.7 Å². The Morgan fingerprint density at radius 1 is 0.962 bits per heavy atom. The summed E-state index contributed by atoms with van der Waals surface area (Å²) in [5, 5.41) is 0. The fraction of sp³-hybridized carbons (Fsp3) is 0.286. The molecule has 5 heteroatoms. The Bertz CT molecular complexity index is 918. The lowest BCUT2D eigenvalue weighted by Gasteiger charge is -2.35. The van der Waals surface area contributed by atoms with Gasteiger partial charge in [-0.3, -0.25) is 9.59 Å². The van der Waals surface area contributed by atoms with E-state index in [0.717, 1.165) is 24.8 Å². The van der Waals surface area contributed by atoms with E-state index in [4.69, 9.17) is 4.74 Å². The van der Waals surface area contributed by atoms with Gasteiger partial charge in [-0.15, -0.1) is 0 Å². The molecule has 0 radical (unpaired) electrons. The van der Waals surface area contributed by atoms with E-state index in [1.165, 1.54) is 7.11 Å². The maximum atomic E-state index is 12.9. The van der Waals surface area contributed by atoms with E-state index in [2.05, 4.69) is 0 Å². The van der Waals surface area contributed by atoms with Gasteiger partial charge in [-0.25, -0.2) is 4.79 Å². The van der Waals surface area contributed by atoms with Crippen molar-refractivity contribution in [2.24, 2.45) is 0 Å². The van der Waals surface area contributed by atoms with Crippen LogP contribution in [0, 0.1) is 0 Å². The predicted octanol–water partition coefficient (Wildman–Crippen LogP) is 3.76. The van der Waals surface area contributed by atoms with E-state index in [-0.39, 0.29) is 23.7 Å². The standard InChI is InChI=1S/C21H19NO4/c1-26-21(25)22-11-5-4-8-18(22)13-9-10-16-17(12-13)20(24)15-7-3-2-6-14(15)19(16)23/h2-3,6-7,9-10,12,18H,4-5,8,11H2,1H3. The second-order valence-corrected chi connectivity index (χ2v) is 6.68. The van der Waals surface area contributed by atoms with Gasteiger partial charge in [-0.1, -0.05) is 30.3 Å². The summed E-state index contributed by atoms with van der Waals surface area (Å²) in [6, 6.07) is 12.1. The van der Waals surface area contributed by atoms with Crippen molar-refractivity contribution < 1.29 is 19.1 Å². The first-order valence-corrected chi connectivity index (χ1v) is 8.79. The molecule has 1 aliphatic carbocycles. The zero-order valence-electron chi connectivity index (χ0n) is 14.5. The molecule has 5 nitrogen and oxygen atoms in total. The Morgan fingerprint density at radius 3 is 2.31 bits per heavy atom. The Labute approximate surface area is 151 Å². The van der Waals surface area contributed by atoms with E-state index in [9.17, 15) is 14.4 Å². The molecule has 1 unspecified atom stereocenters. The zero-order chi connectivity index (χ0) is 18.3. The van der Waals surface area contributed by atoms with Crippen molar-refractivity contribution in [1.29, 1.82) is 0 Å². The number of ether oxygens (including phenoxy) is 1. The van der Waals surface area contributed by atoms with E-state index >= 15 is 0 Å². The van der Waals surface area contributed by atoms with Crippen LogP contribution in [0.25, 0.3) is 0 Å². The number of methoxy groups -OCH3 is 1. The minimum atomic E-state index is -0.361. The van der Waals surface area contributed by atoms with Crippen molar-refractivity contribution in [1.82, 2.24) is 4.90 Å². The lowest BCUT2D eigenvalue weighted by Crippen LogP contribution is -2.38. The van der Waals surface area contributed by atoms with E-state index in [1.807, 2.05) is 6.07 Å². The molecule has 1 fully saturated rings. The van der Waals surface area contributed by atoms with Gasteiger partial charge in [0.25, 0.3) is 0 Å². The molecule has 1 atom stereocenters. The SMILES string of the molecule is COC(=O)N1CCCCC1c1ccc2c(c1)C(=O)c1ccccc1C2=O. The molecular formula is C21H19NO4. The molecule has 1 saturated heterocycles. The van der Waals surface area contributed by atoms with Gasteiger partial charge in [0.05, 0.1) is 13.2 Å². The number of amides is 1. The first-order chi connectivity index (χ1) is 12.6. The normalized spacial score (nSPS) is 19.0. The van der Waals surface area contributed by atoms with Gasteiger partial charge in [-0.05, 0) is 37.0 Å². The van der Waals surface area contributed by atoms with Crippen LogP contribution in [0.15, 0.2) is 42.5 Å². The third-order valence-electron chi connectivity index (χ3n) is 5.25. The van der Waals surface area contributed by atoms with Gasteiger partial charge in [0.15, 0.2) is 11.6 Å².